The van der Waals surface area contributed by atoms with Crippen LogP contribution in [0.3, 0.4) is 0 Å². The normalized spacial score (nSPS) is 12.0. The molecule has 0 aliphatic rings. The monoisotopic (exact) mass is 492 g/mol. The van der Waals surface area contributed by atoms with Crippen LogP contribution in [0.4, 0.5) is 0 Å². The molecular formula is C29H33ClN2O3. The lowest BCUT2D eigenvalue weighted by Gasteiger charge is -2.34. The Kier molecular flexibility index (Phi) is 8.94. The number of carbonyl (C=O) groups is 2. The van der Waals surface area contributed by atoms with Crippen LogP contribution in [0.1, 0.15) is 37.5 Å². The molecule has 0 aromatic heterocycles. The van der Waals surface area contributed by atoms with Crippen LogP contribution in [0.25, 0.3) is 0 Å². The highest BCUT2D eigenvalue weighted by molar-refractivity contribution is 6.30. The maximum atomic E-state index is 13.6. The average molecular weight is 493 g/mol. The summed E-state index contributed by atoms with van der Waals surface area (Å²) in [6.45, 7) is 7.88. The molecule has 0 unspecified atom stereocenters. The summed E-state index contributed by atoms with van der Waals surface area (Å²) in [5.41, 5.74) is 2.56. The van der Waals surface area contributed by atoms with Crippen molar-refractivity contribution in [2.45, 2.75) is 52.2 Å². The van der Waals surface area contributed by atoms with Crippen molar-refractivity contribution in [2.75, 3.05) is 6.61 Å². The minimum absolute atomic E-state index is 0.203. The number of aryl methyl sites for hydroxylation is 1. The lowest BCUT2D eigenvalue weighted by Crippen LogP contribution is -2.55. The maximum absolute atomic E-state index is 13.6. The summed E-state index contributed by atoms with van der Waals surface area (Å²) in [4.78, 5) is 28.8. The summed E-state index contributed by atoms with van der Waals surface area (Å²) < 4.78 is 5.77. The van der Waals surface area contributed by atoms with Gasteiger partial charge in [0.05, 0.1) is 0 Å². The number of carbonyl (C=O) groups excluding carboxylic acids is 2. The van der Waals surface area contributed by atoms with Crippen LogP contribution in [0, 0.1) is 6.92 Å². The van der Waals surface area contributed by atoms with E-state index >= 15 is 0 Å². The molecule has 0 heterocycles. The van der Waals surface area contributed by atoms with Crippen molar-refractivity contribution in [3.05, 3.63) is 101 Å². The number of nitrogens with one attached hydrogen (secondary N) is 1. The predicted octanol–water partition coefficient (Wildman–Crippen LogP) is 5.58. The molecule has 3 rings (SSSR count). The number of benzene rings is 3. The van der Waals surface area contributed by atoms with Crippen molar-refractivity contribution in [1.82, 2.24) is 10.2 Å². The molecule has 0 aliphatic heterocycles. The fourth-order valence-corrected chi connectivity index (χ4v) is 3.94. The van der Waals surface area contributed by atoms with Gasteiger partial charge in [-0.1, -0.05) is 72.3 Å². The molecule has 6 heteroatoms. The quantitative estimate of drug-likeness (QED) is 0.424. The fourth-order valence-electron chi connectivity index (χ4n) is 3.76. The van der Waals surface area contributed by atoms with E-state index in [0.717, 1.165) is 16.7 Å². The van der Waals surface area contributed by atoms with E-state index < -0.39 is 11.6 Å². The molecule has 0 saturated heterocycles. The van der Waals surface area contributed by atoms with E-state index in [2.05, 4.69) is 5.32 Å². The molecule has 5 nitrogen and oxygen atoms in total. The third kappa shape index (κ3) is 8.15. The Bertz CT molecular complexity index is 1140. The smallest absolute Gasteiger partial charge is 0.261 e. The van der Waals surface area contributed by atoms with Gasteiger partial charge < -0.3 is 15.0 Å². The summed E-state index contributed by atoms with van der Waals surface area (Å²) in [7, 11) is 0. The molecule has 0 bridgehead atoms. The average Bonchev–Trinajstić information content (AvgIpc) is 2.80. The Morgan fingerprint density at radius 3 is 2.31 bits per heavy atom. The first kappa shape index (κ1) is 26.3. The fraction of sp³-hybridized carbons (Fsp3) is 0.310. The highest BCUT2D eigenvalue weighted by Crippen LogP contribution is 2.20. The largest absolute Gasteiger partial charge is 0.484 e. The van der Waals surface area contributed by atoms with Gasteiger partial charge in [0.1, 0.15) is 11.8 Å². The molecule has 1 N–H and O–H groups in total. The van der Waals surface area contributed by atoms with Crippen LogP contribution in [0.15, 0.2) is 78.9 Å². The molecular weight excluding hydrogens is 460 g/mol. The van der Waals surface area contributed by atoms with Gasteiger partial charge in [-0.25, -0.2) is 0 Å². The molecule has 0 spiro atoms. The summed E-state index contributed by atoms with van der Waals surface area (Å²) >= 11 is 6.06. The molecule has 0 aliphatic carbocycles. The number of ether oxygens (including phenoxy) is 1. The zero-order chi connectivity index (χ0) is 25.4. The van der Waals surface area contributed by atoms with Crippen LogP contribution in [0.2, 0.25) is 5.02 Å². The van der Waals surface area contributed by atoms with Gasteiger partial charge in [-0.15, -0.1) is 0 Å². The lowest BCUT2D eigenvalue weighted by molar-refractivity contribution is -0.143. The van der Waals surface area contributed by atoms with Crippen LogP contribution in [-0.2, 0) is 22.6 Å². The summed E-state index contributed by atoms with van der Waals surface area (Å²) in [5.74, 6) is 0.0182. The molecule has 0 saturated carbocycles. The third-order valence-corrected chi connectivity index (χ3v) is 5.76. The number of hydrogen-bond acceptors (Lipinski definition) is 3. The van der Waals surface area contributed by atoms with Gasteiger partial charge >= 0.3 is 0 Å². The Morgan fingerprint density at radius 1 is 0.971 bits per heavy atom. The van der Waals surface area contributed by atoms with E-state index in [1.807, 2.05) is 82.3 Å². The Hall–Kier alpha value is -3.31. The number of rotatable bonds is 9. The number of amides is 2. The molecule has 0 fully saturated rings. The second-order valence-corrected chi connectivity index (χ2v) is 10.1. The number of hydrogen-bond donors (Lipinski definition) is 1. The SMILES string of the molecule is Cc1ccccc1CN(C(=O)COc1cccc(Cl)c1)[C@@H](Cc1ccccc1)C(=O)NC(C)(C)C. The van der Waals surface area contributed by atoms with Crippen LogP contribution in [-0.4, -0.2) is 34.9 Å². The van der Waals surface area contributed by atoms with Gasteiger partial charge in [-0.3, -0.25) is 9.59 Å². The highest BCUT2D eigenvalue weighted by atomic mass is 35.5. The first-order valence-corrected chi connectivity index (χ1v) is 12.1. The Balaban J connectivity index is 1.94. The van der Waals surface area contributed by atoms with Gasteiger partial charge in [0.25, 0.3) is 5.91 Å². The van der Waals surface area contributed by atoms with E-state index in [1.54, 1.807) is 29.2 Å². The molecule has 3 aromatic rings. The second kappa shape index (κ2) is 11.9. The van der Waals surface area contributed by atoms with E-state index in [-0.39, 0.29) is 18.4 Å². The second-order valence-electron chi connectivity index (χ2n) is 9.64. The Labute approximate surface area is 213 Å². The third-order valence-electron chi connectivity index (χ3n) is 5.53. The molecule has 3 aromatic carbocycles. The molecule has 0 radical (unpaired) electrons. The van der Waals surface area contributed by atoms with Crippen LogP contribution in [0.5, 0.6) is 5.75 Å². The lowest BCUT2D eigenvalue weighted by atomic mass is 10.00. The Morgan fingerprint density at radius 2 is 1.66 bits per heavy atom. The van der Waals surface area contributed by atoms with Gasteiger partial charge in [0.15, 0.2) is 6.61 Å². The van der Waals surface area contributed by atoms with Crippen molar-refractivity contribution in [1.29, 1.82) is 0 Å². The summed E-state index contributed by atoms with van der Waals surface area (Å²) in [6.07, 6.45) is 0.386. The molecule has 2 amide bonds. The predicted molar refractivity (Wildman–Crippen MR) is 141 cm³/mol. The zero-order valence-corrected chi connectivity index (χ0v) is 21.5. The topological polar surface area (TPSA) is 58.6 Å². The van der Waals surface area contributed by atoms with Crippen molar-refractivity contribution in [3.8, 4) is 5.75 Å². The van der Waals surface area contributed by atoms with Crippen molar-refractivity contribution in [2.24, 2.45) is 0 Å². The minimum Gasteiger partial charge on any atom is -0.484 e. The van der Waals surface area contributed by atoms with Crippen molar-refractivity contribution in [3.63, 3.8) is 0 Å². The molecule has 1 atom stereocenters. The zero-order valence-electron chi connectivity index (χ0n) is 20.8. The van der Waals surface area contributed by atoms with E-state index in [0.29, 0.717) is 23.7 Å². The van der Waals surface area contributed by atoms with E-state index in [4.69, 9.17) is 16.3 Å². The number of nitrogens with zero attached hydrogens (tertiary/aromatic N) is 1. The van der Waals surface area contributed by atoms with Crippen LogP contribution >= 0.6 is 11.6 Å². The van der Waals surface area contributed by atoms with E-state index in [9.17, 15) is 9.59 Å². The van der Waals surface area contributed by atoms with Gasteiger partial charge in [-0.05, 0) is 62.6 Å². The number of halogens is 1. The first-order valence-electron chi connectivity index (χ1n) is 11.7. The standard InChI is InChI=1S/C29H33ClN2O3/c1-21-11-8-9-14-23(21)19-32(27(33)20-35-25-16-10-15-24(30)18-25)26(28(34)31-29(2,3)4)17-22-12-6-5-7-13-22/h5-16,18,26H,17,19-20H2,1-4H3,(H,31,34)/t26-/m0/s1. The summed E-state index contributed by atoms with van der Waals surface area (Å²) in [5, 5.41) is 3.59. The van der Waals surface area contributed by atoms with Gasteiger partial charge in [0, 0.05) is 23.5 Å². The summed E-state index contributed by atoms with van der Waals surface area (Å²) in [6, 6.07) is 23.8. The van der Waals surface area contributed by atoms with E-state index in [1.165, 1.54) is 0 Å². The maximum Gasteiger partial charge on any atom is 0.261 e. The van der Waals surface area contributed by atoms with Gasteiger partial charge in [-0.2, -0.15) is 0 Å². The molecule has 184 valence electrons. The molecule has 35 heavy (non-hydrogen) atoms. The highest BCUT2D eigenvalue weighted by Gasteiger charge is 2.32. The first-order chi connectivity index (χ1) is 16.6. The van der Waals surface area contributed by atoms with Gasteiger partial charge in [0.2, 0.25) is 5.91 Å². The van der Waals surface area contributed by atoms with Crippen molar-refractivity contribution >= 4 is 23.4 Å². The minimum atomic E-state index is -0.716. The van der Waals surface area contributed by atoms with Crippen LogP contribution < -0.4 is 10.1 Å². The van der Waals surface area contributed by atoms with Crippen molar-refractivity contribution < 1.29 is 14.3 Å².